The maximum Gasteiger partial charge on any atom is 0.195 e. The molecule has 0 aromatic carbocycles. The highest BCUT2D eigenvalue weighted by atomic mass is 16.5. The molecule has 1 heterocycles. The molecule has 0 bridgehead atoms. The number of rotatable bonds is 2. The molecule has 0 aliphatic rings. The fourth-order valence-electron chi connectivity index (χ4n) is 1.30. The summed E-state index contributed by atoms with van der Waals surface area (Å²) in [5.41, 5.74) is 2.09. The van der Waals surface area contributed by atoms with Gasteiger partial charge in [0.1, 0.15) is 0 Å². The summed E-state index contributed by atoms with van der Waals surface area (Å²) in [6.07, 6.45) is 1.60. The van der Waals surface area contributed by atoms with E-state index in [1.165, 1.54) is 5.56 Å². The average Bonchev–Trinajstić information content (AvgIpc) is 2.04. The molecule has 0 aliphatic carbocycles. The second kappa shape index (κ2) is 3.77. The Morgan fingerprint density at radius 1 is 1.15 bits per heavy atom. The van der Waals surface area contributed by atoms with Crippen molar-refractivity contribution in [1.82, 2.24) is 0 Å². The number of hydrogen-bond donors (Lipinski definition) is 0. The molecular formula is C11H17NO. The Kier molecular flexibility index (Phi) is 2.91. The largest absolute Gasteiger partial charge is 0.618 e. The maximum atomic E-state index is 11.4. The van der Waals surface area contributed by atoms with E-state index in [-0.39, 0.29) is 5.92 Å². The molecule has 2 heteroatoms. The Bertz CT molecular complexity index is 292. The van der Waals surface area contributed by atoms with E-state index >= 15 is 0 Å². The van der Waals surface area contributed by atoms with Crippen LogP contribution in [0.15, 0.2) is 18.3 Å². The van der Waals surface area contributed by atoms with E-state index in [0.717, 1.165) is 10.4 Å². The smallest absolute Gasteiger partial charge is 0.195 e. The van der Waals surface area contributed by atoms with Crippen LogP contribution in [0.2, 0.25) is 0 Å². The monoisotopic (exact) mass is 179 g/mol. The minimum atomic E-state index is 0.288. The van der Waals surface area contributed by atoms with Crippen LogP contribution in [0.25, 0.3) is 0 Å². The Hall–Kier alpha value is -1.05. The standard InChI is InChI=1S/C11H17NO/c1-8(2)10-5-6-12(13)11(7-10)9(3)4/h5-9H,1-4H3. The summed E-state index contributed by atoms with van der Waals surface area (Å²) in [7, 11) is 0. The van der Waals surface area contributed by atoms with Crippen molar-refractivity contribution in [2.75, 3.05) is 0 Å². The second-order valence-corrected chi connectivity index (χ2v) is 4.02. The first kappa shape index (κ1) is 10.0. The van der Waals surface area contributed by atoms with Gasteiger partial charge in [-0.05, 0) is 11.5 Å². The Labute approximate surface area is 79.8 Å². The van der Waals surface area contributed by atoms with Crippen LogP contribution in [-0.2, 0) is 0 Å². The molecule has 0 spiro atoms. The summed E-state index contributed by atoms with van der Waals surface area (Å²) < 4.78 is 0.955. The number of aromatic nitrogens is 1. The molecule has 0 atom stereocenters. The normalized spacial score (nSPS) is 11.2. The molecule has 0 aliphatic heterocycles. The van der Waals surface area contributed by atoms with Crippen molar-refractivity contribution >= 4 is 0 Å². The van der Waals surface area contributed by atoms with Gasteiger partial charge in [0.15, 0.2) is 11.9 Å². The van der Waals surface area contributed by atoms with Crippen LogP contribution < -0.4 is 4.73 Å². The molecule has 0 radical (unpaired) electrons. The summed E-state index contributed by atoms with van der Waals surface area (Å²) in [6, 6.07) is 3.89. The van der Waals surface area contributed by atoms with Gasteiger partial charge in [0, 0.05) is 18.1 Å². The summed E-state index contributed by atoms with van der Waals surface area (Å²) in [6.45, 7) is 8.34. The van der Waals surface area contributed by atoms with Crippen LogP contribution in [0.1, 0.15) is 50.8 Å². The first-order valence-electron chi connectivity index (χ1n) is 4.75. The lowest BCUT2D eigenvalue weighted by Gasteiger charge is -2.10. The van der Waals surface area contributed by atoms with Crippen molar-refractivity contribution in [3.8, 4) is 0 Å². The molecule has 1 aromatic heterocycles. The van der Waals surface area contributed by atoms with Crippen molar-refractivity contribution in [3.63, 3.8) is 0 Å². The zero-order chi connectivity index (χ0) is 10.0. The molecule has 0 unspecified atom stereocenters. The van der Waals surface area contributed by atoms with Gasteiger partial charge in [-0.25, -0.2) is 0 Å². The lowest BCUT2D eigenvalue weighted by atomic mass is 10.0. The second-order valence-electron chi connectivity index (χ2n) is 4.02. The average molecular weight is 179 g/mol. The molecule has 2 nitrogen and oxygen atoms in total. The Morgan fingerprint density at radius 2 is 1.77 bits per heavy atom. The van der Waals surface area contributed by atoms with Crippen LogP contribution in [0.4, 0.5) is 0 Å². The van der Waals surface area contributed by atoms with E-state index < -0.39 is 0 Å². The van der Waals surface area contributed by atoms with Crippen LogP contribution in [-0.4, -0.2) is 0 Å². The van der Waals surface area contributed by atoms with Gasteiger partial charge in [-0.1, -0.05) is 27.7 Å². The highest BCUT2D eigenvalue weighted by Gasteiger charge is 2.12. The fraction of sp³-hybridized carbons (Fsp3) is 0.545. The van der Waals surface area contributed by atoms with Gasteiger partial charge in [-0.3, -0.25) is 0 Å². The summed E-state index contributed by atoms with van der Waals surface area (Å²) in [4.78, 5) is 0. The summed E-state index contributed by atoms with van der Waals surface area (Å²) in [5, 5.41) is 11.4. The van der Waals surface area contributed by atoms with Gasteiger partial charge in [0.2, 0.25) is 0 Å². The van der Waals surface area contributed by atoms with Crippen LogP contribution in [0.3, 0.4) is 0 Å². The lowest BCUT2D eigenvalue weighted by Crippen LogP contribution is -2.32. The number of pyridine rings is 1. The number of hydrogen-bond acceptors (Lipinski definition) is 1. The van der Waals surface area contributed by atoms with E-state index in [1.807, 2.05) is 26.0 Å². The van der Waals surface area contributed by atoms with Gasteiger partial charge in [-0.15, -0.1) is 0 Å². The predicted octanol–water partition coefficient (Wildman–Crippen LogP) is 2.57. The van der Waals surface area contributed by atoms with E-state index in [9.17, 15) is 5.21 Å². The summed E-state index contributed by atoms with van der Waals surface area (Å²) >= 11 is 0. The number of nitrogens with zero attached hydrogens (tertiary/aromatic N) is 1. The van der Waals surface area contributed by atoms with Crippen molar-refractivity contribution in [2.45, 2.75) is 39.5 Å². The minimum absolute atomic E-state index is 0.288. The van der Waals surface area contributed by atoms with Gasteiger partial charge in [0.25, 0.3) is 0 Å². The van der Waals surface area contributed by atoms with Gasteiger partial charge in [0.05, 0.1) is 0 Å². The zero-order valence-corrected chi connectivity index (χ0v) is 8.74. The summed E-state index contributed by atoms with van der Waals surface area (Å²) in [5.74, 6) is 0.773. The van der Waals surface area contributed by atoms with Crippen LogP contribution >= 0.6 is 0 Å². The van der Waals surface area contributed by atoms with Crippen LogP contribution in [0.5, 0.6) is 0 Å². The van der Waals surface area contributed by atoms with E-state index in [0.29, 0.717) is 5.92 Å². The molecule has 13 heavy (non-hydrogen) atoms. The van der Waals surface area contributed by atoms with Crippen molar-refractivity contribution in [3.05, 3.63) is 34.8 Å². The first-order chi connectivity index (χ1) is 6.02. The van der Waals surface area contributed by atoms with Crippen molar-refractivity contribution in [1.29, 1.82) is 0 Å². The molecule has 0 N–H and O–H groups in total. The van der Waals surface area contributed by atoms with Gasteiger partial charge < -0.3 is 5.21 Å². The quantitative estimate of drug-likeness (QED) is 0.506. The van der Waals surface area contributed by atoms with Crippen LogP contribution in [0, 0.1) is 5.21 Å². The molecule has 0 fully saturated rings. The third-order valence-electron chi connectivity index (χ3n) is 2.23. The predicted molar refractivity (Wildman–Crippen MR) is 53.6 cm³/mol. The Morgan fingerprint density at radius 3 is 2.23 bits per heavy atom. The third kappa shape index (κ3) is 2.20. The topological polar surface area (TPSA) is 26.9 Å². The highest BCUT2D eigenvalue weighted by molar-refractivity contribution is 5.18. The highest BCUT2D eigenvalue weighted by Crippen LogP contribution is 2.17. The molecule has 72 valence electrons. The Balaban J connectivity index is 3.11. The minimum Gasteiger partial charge on any atom is -0.618 e. The van der Waals surface area contributed by atoms with E-state index in [1.54, 1.807) is 6.20 Å². The van der Waals surface area contributed by atoms with Gasteiger partial charge in [-0.2, -0.15) is 4.73 Å². The fourth-order valence-corrected chi connectivity index (χ4v) is 1.30. The lowest BCUT2D eigenvalue weighted by molar-refractivity contribution is -0.615. The molecule has 0 saturated carbocycles. The van der Waals surface area contributed by atoms with E-state index in [2.05, 4.69) is 13.8 Å². The zero-order valence-electron chi connectivity index (χ0n) is 8.74. The van der Waals surface area contributed by atoms with Crippen molar-refractivity contribution < 1.29 is 4.73 Å². The molecule has 1 rings (SSSR count). The first-order valence-corrected chi connectivity index (χ1v) is 4.75. The molecule has 0 amide bonds. The molecule has 1 aromatic rings. The van der Waals surface area contributed by atoms with Gasteiger partial charge >= 0.3 is 0 Å². The molecular weight excluding hydrogens is 162 g/mol. The SMILES string of the molecule is CC(C)c1cc[n+]([O-])c(C(C)C)c1. The van der Waals surface area contributed by atoms with E-state index in [4.69, 9.17) is 0 Å². The molecule has 0 saturated heterocycles. The van der Waals surface area contributed by atoms with Crippen molar-refractivity contribution in [2.24, 2.45) is 0 Å². The maximum absolute atomic E-state index is 11.4. The third-order valence-corrected chi connectivity index (χ3v) is 2.23.